The molecule has 1 saturated heterocycles. The van der Waals surface area contributed by atoms with Crippen molar-refractivity contribution in [1.29, 1.82) is 0 Å². The van der Waals surface area contributed by atoms with Crippen molar-refractivity contribution in [3.8, 4) is 5.75 Å². The number of amides is 1. The first-order chi connectivity index (χ1) is 8.25. The van der Waals surface area contributed by atoms with Gasteiger partial charge in [-0.1, -0.05) is 18.2 Å². The van der Waals surface area contributed by atoms with E-state index in [1.54, 1.807) is 0 Å². The summed E-state index contributed by atoms with van der Waals surface area (Å²) in [6.07, 6.45) is -0.865. The van der Waals surface area contributed by atoms with Crippen molar-refractivity contribution >= 4 is 6.09 Å². The van der Waals surface area contributed by atoms with E-state index in [0.29, 0.717) is 26.2 Å². The Morgan fingerprint density at radius 1 is 1.47 bits per heavy atom. The molecule has 1 aliphatic rings. The van der Waals surface area contributed by atoms with E-state index in [2.05, 4.69) is 5.32 Å². The monoisotopic (exact) mass is 236 g/mol. The van der Waals surface area contributed by atoms with Gasteiger partial charge in [0.25, 0.3) is 0 Å². The lowest BCUT2D eigenvalue weighted by Gasteiger charge is -2.31. The molecule has 0 aliphatic carbocycles. The van der Waals surface area contributed by atoms with Crippen LogP contribution in [0.1, 0.15) is 0 Å². The number of carbonyl (C=O) groups is 1. The third kappa shape index (κ3) is 3.35. The number of nitrogens with one attached hydrogen (secondary N) is 1. The summed E-state index contributed by atoms with van der Waals surface area (Å²) >= 11 is 0. The van der Waals surface area contributed by atoms with Gasteiger partial charge in [0.2, 0.25) is 0 Å². The van der Waals surface area contributed by atoms with E-state index < -0.39 is 6.09 Å². The first kappa shape index (κ1) is 11.7. The topological polar surface area (TPSA) is 61.8 Å². The minimum Gasteiger partial charge on any atom is -0.492 e. The van der Waals surface area contributed by atoms with Gasteiger partial charge in [-0.05, 0) is 12.1 Å². The molecule has 0 spiro atoms. The first-order valence-electron chi connectivity index (χ1n) is 5.65. The van der Waals surface area contributed by atoms with E-state index in [9.17, 15) is 4.79 Å². The van der Waals surface area contributed by atoms with Gasteiger partial charge < -0.3 is 20.1 Å². The summed E-state index contributed by atoms with van der Waals surface area (Å²) in [5.41, 5.74) is 0. The van der Waals surface area contributed by atoms with Crippen LogP contribution >= 0.6 is 0 Å². The van der Waals surface area contributed by atoms with E-state index in [0.717, 1.165) is 5.75 Å². The number of carboxylic acid groups (broad SMARTS) is 1. The van der Waals surface area contributed by atoms with Crippen molar-refractivity contribution in [3.05, 3.63) is 30.3 Å². The van der Waals surface area contributed by atoms with Crippen LogP contribution in [0, 0.1) is 0 Å². The second-order valence-corrected chi connectivity index (χ2v) is 4.00. The van der Waals surface area contributed by atoms with E-state index in [4.69, 9.17) is 9.84 Å². The average Bonchev–Trinajstić information content (AvgIpc) is 2.38. The highest BCUT2D eigenvalue weighted by atomic mass is 16.5. The molecule has 1 aromatic rings. The maximum absolute atomic E-state index is 10.8. The van der Waals surface area contributed by atoms with Crippen LogP contribution < -0.4 is 10.1 Å². The van der Waals surface area contributed by atoms with Crippen molar-refractivity contribution in [1.82, 2.24) is 10.2 Å². The molecule has 0 saturated carbocycles. The third-order valence-corrected chi connectivity index (χ3v) is 2.72. The molecule has 5 nitrogen and oxygen atoms in total. The van der Waals surface area contributed by atoms with Crippen LogP contribution in [0.15, 0.2) is 30.3 Å². The Labute approximate surface area is 100.0 Å². The van der Waals surface area contributed by atoms with Crippen LogP contribution in [0.5, 0.6) is 5.75 Å². The van der Waals surface area contributed by atoms with E-state index in [1.165, 1.54) is 4.90 Å². The lowest BCUT2D eigenvalue weighted by atomic mass is 10.2. The minimum absolute atomic E-state index is 0.0556. The molecule has 1 amide bonds. The summed E-state index contributed by atoms with van der Waals surface area (Å²) in [5.74, 6) is 0.807. The molecule has 2 N–H and O–H groups in total. The third-order valence-electron chi connectivity index (χ3n) is 2.72. The lowest BCUT2D eigenvalue weighted by Crippen LogP contribution is -2.54. The standard InChI is InChI=1S/C12H16N2O3/c15-12(16)14-7-6-13-10(8-14)9-17-11-4-2-1-3-5-11/h1-5,10,13H,6-9H2,(H,15,16)/t10-/m1/s1. The van der Waals surface area contributed by atoms with Gasteiger partial charge in [0.1, 0.15) is 12.4 Å². The number of hydrogen-bond acceptors (Lipinski definition) is 3. The van der Waals surface area contributed by atoms with E-state index >= 15 is 0 Å². The fourth-order valence-electron chi connectivity index (χ4n) is 1.82. The highest BCUT2D eigenvalue weighted by molar-refractivity contribution is 5.65. The Kier molecular flexibility index (Phi) is 3.82. The maximum Gasteiger partial charge on any atom is 0.407 e. The number of piperazine rings is 1. The first-order valence-corrected chi connectivity index (χ1v) is 5.65. The Hall–Kier alpha value is -1.75. The smallest absolute Gasteiger partial charge is 0.407 e. The molecular weight excluding hydrogens is 220 g/mol. The predicted octanol–water partition coefficient (Wildman–Crippen LogP) is 1.02. The zero-order valence-corrected chi connectivity index (χ0v) is 9.50. The molecule has 1 heterocycles. The van der Waals surface area contributed by atoms with Crippen LogP contribution in [-0.2, 0) is 0 Å². The van der Waals surface area contributed by atoms with Gasteiger partial charge in [0.05, 0.1) is 6.04 Å². The fraction of sp³-hybridized carbons (Fsp3) is 0.417. The van der Waals surface area contributed by atoms with Crippen LogP contribution in [0.3, 0.4) is 0 Å². The predicted molar refractivity (Wildman–Crippen MR) is 63.3 cm³/mol. The molecule has 17 heavy (non-hydrogen) atoms. The lowest BCUT2D eigenvalue weighted by molar-refractivity contribution is 0.118. The van der Waals surface area contributed by atoms with Gasteiger partial charge in [0.15, 0.2) is 0 Å². The molecule has 0 unspecified atom stereocenters. The molecule has 1 fully saturated rings. The van der Waals surface area contributed by atoms with Crippen molar-refractivity contribution in [3.63, 3.8) is 0 Å². The SMILES string of the molecule is O=C(O)N1CCN[C@@H](COc2ccccc2)C1. The van der Waals surface area contributed by atoms with Crippen molar-refractivity contribution < 1.29 is 14.6 Å². The van der Waals surface area contributed by atoms with Crippen LogP contribution in [0.4, 0.5) is 4.79 Å². The average molecular weight is 236 g/mol. The van der Waals surface area contributed by atoms with Gasteiger partial charge in [-0.15, -0.1) is 0 Å². The Morgan fingerprint density at radius 3 is 2.94 bits per heavy atom. The minimum atomic E-state index is -0.865. The summed E-state index contributed by atoms with van der Waals surface area (Å²) in [4.78, 5) is 12.2. The van der Waals surface area contributed by atoms with Gasteiger partial charge in [-0.3, -0.25) is 0 Å². The van der Waals surface area contributed by atoms with Gasteiger partial charge in [0, 0.05) is 19.6 Å². The van der Waals surface area contributed by atoms with Crippen molar-refractivity contribution in [2.45, 2.75) is 6.04 Å². The molecule has 92 valence electrons. The molecule has 0 bridgehead atoms. The Balaban J connectivity index is 1.81. The number of rotatable bonds is 3. The second-order valence-electron chi connectivity index (χ2n) is 4.00. The van der Waals surface area contributed by atoms with Gasteiger partial charge in [-0.2, -0.15) is 0 Å². The van der Waals surface area contributed by atoms with Crippen molar-refractivity contribution in [2.24, 2.45) is 0 Å². The molecule has 1 aliphatic heterocycles. The quantitative estimate of drug-likeness (QED) is 0.822. The number of para-hydroxylation sites is 1. The summed E-state index contributed by atoms with van der Waals surface area (Å²) in [5, 5.41) is 12.1. The number of benzene rings is 1. The number of hydrogen-bond donors (Lipinski definition) is 2. The summed E-state index contributed by atoms with van der Waals surface area (Å²) < 4.78 is 5.59. The Bertz CT molecular complexity index is 369. The zero-order valence-electron chi connectivity index (χ0n) is 9.50. The molecule has 0 aromatic heterocycles. The molecule has 0 radical (unpaired) electrons. The zero-order chi connectivity index (χ0) is 12.1. The molecule has 1 aromatic carbocycles. The molecule has 5 heteroatoms. The molecule has 2 rings (SSSR count). The largest absolute Gasteiger partial charge is 0.492 e. The summed E-state index contributed by atoms with van der Waals surface area (Å²) in [6, 6.07) is 9.58. The van der Waals surface area contributed by atoms with E-state index in [-0.39, 0.29) is 6.04 Å². The number of nitrogens with zero attached hydrogens (tertiary/aromatic N) is 1. The van der Waals surface area contributed by atoms with Crippen LogP contribution in [0.25, 0.3) is 0 Å². The highest BCUT2D eigenvalue weighted by Crippen LogP contribution is 2.09. The van der Waals surface area contributed by atoms with Gasteiger partial charge in [-0.25, -0.2) is 4.79 Å². The second kappa shape index (κ2) is 5.54. The van der Waals surface area contributed by atoms with Crippen molar-refractivity contribution in [2.75, 3.05) is 26.2 Å². The normalized spacial score (nSPS) is 20.0. The van der Waals surface area contributed by atoms with Crippen LogP contribution in [-0.4, -0.2) is 48.4 Å². The van der Waals surface area contributed by atoms with Gasteiger partial charge >= 0.3 is 6.09 Å². The van der Waals surface area contributed by atoms with E-state index in [1.807, 2.05) is 30.3 Å². The fourth-order valence-corrected chi connectivity index (χ4v) is 1.82. The number of ether oxygens (including phenoxy) is 1. The van der Waals surface area contributed by atoms with Crippen LogP contribution in [0.2, 0.25) is 0 Å². The molecule has 1 atom stereocenters. The Morgan fingerprint density at radius 2 is 2.24 bits per heavy atom. The summed E-state index contributed by atoms with van der Waals surface area (Å²) in [7, 11) is 0. The highest BCUT2D eigenvalue weighted by Gasteiger charge is 2.22. The maximum atomic E-state index is 10.8. The summed E-state index contributed by atoms with van der Waals surface area (Å²) in [6.45, 7) is 2.17. The molecular formula is C12H16N2O3.